The van der Waals surface area contributed by atoms with Gasteiger partial charge in [0.15, 0.2) is 17.5 Å². The molecular formula is C19H14F5NO3. The van der Waals surface area contributed by atoms with Gasteiger partial charge in [0.1, 0.15) is 23.0 Å². The van der Waals surface area contributed by atoms with Crippen molar-refractivity contribution < 1.29 is 36.6 Å². The molecule has 0 unspecified atom stereocenters. The van der Waals surface area contributed by atoms with Crippen molar-refractivity contribution in [1.82, 2.24) is 0 Å². The minimum atomic E-state index is -1.50. The van der Waals surface area contributed by atoms with Gasteiger partial charge in [0.25, 0.3) is 0 Å². The van der Waals surface area contributed by atoms with Crippen molar-refractivity contribution in [2.75, 3.05) is 6.61 Å². The number of benzene rings is 2. The van der Waals surface area contributed by atoms with Crippen molar-refractivity contribution in [3.63, 3.8) is 0 Å². The molecule has 0 amide bonds. The molecule has 0 saturated carbocycles. The van der Waals surface area contributed by atoms with Gasteiger partial charge in [-0.15, -0.1) is 0 Å². The Balaban J connectivity index is 2.60. The Bertz CT molecular complexity index is 986. The van der Waals surface area contributed by atoms with Crippen LogP contribution in [0, 0.1) is 36.0 Å². The number of carbonyl (C=O) groups excluding carboxylic acids is 1. The zero-order valence-electron chi connectivity index (χ0n) is 14.7. The van der Waals surface area contributed by atoms with Gasteiger partial charge >= 0.3 is 5.97 Å². The van der Waals surface area contributed by atoms with Crippen molar-refractivity contribution in [1.29, 1.82) is 0 Å². The minimum Gasteiger partial charge on any atom is -0.506 e. The Hall–Kier alpha value is -3.23. The molecule has 2 rings (SSSR count). The predicted molar refractivity (Wildman–Crippen MR) is 91.7 cm³/mol. The summed E-state index contributed by atoms with van der Waals surface area (Å²) in [5.41, 5.74) is -2.27. The average Bonchev–Trinajstić information content (AvgIpc) is 2.64. The first-order valence-electron chi connectivity index (χ1n) is 7.91. The Kier molecular flexibility index (Phi) is 6.50. The molecule has 2 aromatic rings. The topological polar surface area (TPSA) is 58.9 Å². The van der Waals surface area contributed by atoms with Crippen LogP contribution in [0.4, 0.5) is 27.6 Å². The molecule has 2 aromatic carbocycles. The third-order valence-electron chi connectivity index (χ3n) is 3.65. The van der Waals surface area contributed by atoms with Crippen molar-refractivity contribution in [2.24, 2.45) is 4.99 Å². The van der Waals surface area contributed by atoms with E-state index in [9.17, 15) is 31.9 Å². The number of carbonyl (C=O) groups is 1. The lowest BCUT2D eigenvalue weighted by Crippen LogP contribution is -2.12. The fourth-order valence-electron chi connectivity index (χ4n) is 2.15. The van der Waals surface area contributed by atoms with Gasteiger partial charge in [-0.1, -0.05) is 0 Å². The van der Waals surface area contributed by atoms with E-state index in [1.54, 1.807) is 0 Å². The summed E-state index contributed by atoms with van der Waals surface area (Å²) in [5, 5.41) is 10.2. The van der Waals surface area contributed by atoms with Crippen LogP contribution < -0.4 is 0 Å². The number of ether oxygens (including phenoxy) is 1. The van der Waals surface area contributed by atoms with E-state index in [1.807, 2.05) is 0 Å². The van der Waals surface area contributed by atoms with Crippen LogP contribution in [0.5, 0.6) is 0 Å². The number of aliphatic hydroxyl groups is 1. The molecule has 0 heterocycles. The average molecular weight is 399 g/mol. The Morgan fingerprint density at radius 1 is 1.07 bits per heavy atom. The number of rotatable bonds is 5. The SMILES string of the molecule is CCOC(=O)/C(C=Nc1ccc(F)c(C)c1F)=C(\O)c1cc(F)c(F)cc1F. The van der Waals surface area contributed by atoms with E-state index >= 15 is 0 Å². The molecule has 0 saturated heterocycles. The summed E-state index contributed by atoms with van der Waals surface area (Å²) in [5.74, 6) is -8.42. The lowest BCUT2D eigenvalue weighted by molar-refractivity contribution is -0.137. The summed E-state index contributed by atoms with van der Waals surface area (Å²) in [4.78, 5) is 15.7. The van der Waals surface area contributed by atoms with Crippen molar-refractivity contribution in [3.05, 3.63) is 70.1 Å². The fraction of sp³-hybridized carbons (Fsp3) is 0.158. The highest BCUT2D eigenvalue weighted by atomic mass is 19.2. The molecule has 0 fully saturated rings. The summed E-state index contributed by atoms with van der Waals surface area (Å²) in [6, 6.07) is 2.44. The largest absolute Gasteiger partial charge is 0.506 e. The maximum Gasteiger partial charge on any atom is 0.343 e. The number of aliphatic hydroxyl groups excluding tert-OH is 1. The van der Waals surface area contributed by atoms with Crippen LogP contribution in [0.15, 0.2) is 34.8 Å². The summed E-state index contributed by atoms with van der Waals surface area (Å²) < 4.78 is 72.5. The first-order chi connectivity index (χ1) is 13.2. The lowest BCUT2D eigenvalue weighted by Gasteiger charge is -2.09. The van der Waals surface area contributed by atoms with Gasteiger partial charge in [0.2, 0.25) is 0 Å². The van der Waals surface area contributed by atoms with E-state index in [2.05, 4.69) is 4.99 Å². The highest BCUT2D eigenvalue weighted by Crippen LogP contribution is 2.25. The number of esters is 1. The number of nitrogens with zero attached hydrogens (tertiary/aromatic N) is 1. The predicted octanol–water partition coefficient (Wildman–Crippen LogP) is 4.93. The molecule has 9 heteroatoms. The fourth-order valence-corrected chi connectivity index (χ4v) is 2.15. The van der Waals surface area contributed by atoms with Crippen molar-refractivity contribution in [3.8, 4) is 0 Å². The Morgan fingerprint density at radius 3 is 2.36 bits per heavy atom. The summed E-state index contributed by atoms with van der Waals surface area (Å²) in [6.45, 7) is 2.48. The van der Waals surface area contributed by atoms with Gasteiger partial charge < -0.3 is 9.84 Å². The second kappa shape index (κ2) is 8.64. The van der Waals surface area contributed by atoms with Crippen LogP contribution in [-0.2, 0) is 9.53 Å². The van der Waals surface area contributed by atoms with Crippen molar-refractivity contribution >= 4 is 23.6 Å². The monoisotopic (exact) mass is 399 g/mol. The van der Waals surface area contributed by atoms with E-state index in [4.69, 9.17) is 4.74 Å². The molecular weight excluding hydrogens is 385 g/mol. The molecule has 0 aromatic heterocycles. The molecule has 0 aliphatic carbocycles. The van der Waals surface area contributed by atoms with Gasteiger partial charge in [0.05, 0.1) is 17.9 Å². The third kappa shape index (κ3) is 4.36. The molecule has 0 bridgehead atoms. The molecule has 0 aliphatic rings. The van der Waals surface area contributed by atoms with Gasteiger partial charge in [-0.2, -0.15) is 0 Å². The van der Waals surface area contributed by atoms with E-state index in [1.165, 1.54) is 13.8 Å². The molecule has 0 spiro atoms. The van der Waals surface area contributed by atoms with Crippen LogP contribution >= 0.6 is 0 Å². The first-order valence-corrected chi connectivity index (χ1v) is 7.91. The molecule has 0 aliphatic heterocycles. The first kappa shape index (κ1) is 21.1. The maximum absolute atomic E-state index is 14.0. The number of hydrogen-bond acceptors (Lipinski definition) is 4. The van der Waals surface area contributed by atoms with Crippen LogP contribution in [0.2, 0.25) is 0 Å². The van der Waals surface area contributed by atoms with E-state index < -0.39 is 52.0 Å². The van der Waals surface area contributed by atoms with E-state index in [0.717, 1.165) is 12.1 Å². The minimum absolute atomic E-state index is 0.131. The molecule has 1 N–H and O–H groups in total. The Labute approximate surface area is 156 Å². The van der Waals surface area contributed by atoms with Crippen LogP contribution in [0.25, 0.3) is 5.76 Å². The van der Waals surface area contributed by atoms with Gasteiger partial charge in [0, 0.05) is 17.8 Å². The van der Waals surface area contributed by atoms with E-state index in [0.29, 0.717) is 12.3 Å². The molecule has 148 valence electrons. The van der Waals surface area contributed by atoms with Gasteiger partial charge in [-0.25, -0.2) is 26.7 Å². The number of hydrogen-bond donors (Lipinski definition) is 1. The van der Waals surface area contributed by atoms with Crippen LogP contribution in [0.1, 0.15) is 18.1 Å². The molecule has 0 radical (unpaired) electrons. The van der Waals surface area contributed by atoms with Gasteiger partial charge in [-0.3, -0.25) is 4.99 Å². The van der Waals surface area contributed by atoms with Gasteiger partial charge in [-0.05, 0) is 32.0 Å². The zero-order valence-corrected chi connectivity index (χ0v) is 14.7. The van der Waals surface area contributed by atoms with E-state index in [-0.39, 0.29) is 23.9 Å². The molecule has 0 atom stereocenters. The van der Waals surface area contributed by atoms with Crippen LogP contribution in [-0.4, -0.2) is 23.9 Å². The molecule has 4 nitrogen and oxygen atoms in total. The maximum atomic E-state index is 14.0. The summed E-state index contributed by atoms with van der Waals surface area (Å²) >= 11 is 0. The zero-order chi connectivity index (χ0) is 21.0. The molecule has 28 heavy (non-hydrogen) atoms. The second-order valence-electron chi connectivity index (χ2n) is 5.49. The standard InChI is InChI=1S/C19H14F5NO3/c1-3-28-19(27)11(8-25-16-5-4-12(20)9(2)17(16)24)18(26)10-6-14(22)15(23)7-13(10)21/h4-8,26H,3H2,1-2H3/b18-11-,25-8?. The van der Waals surface area contributed by atoms with Crippen LogP contribution in [0.3, 0.4) is 0 Å². The normalized spacial score (nSPS) is 12.2. The smallest absolute Gasteiger partial charge is 0.343 e. The number of aliphatic imine (C=N–C) groups is 1. The highest BCUT2D eigenvalue weighted by Gasteiger charge is 2.21. The quantitative estimate of drug-likeness (QED) is 0.194. The summed E-state index contributed by atoms with van der Waals surface area (Å²) in [7, 11) is 0. The lowest BCUT2D eigenvalue weighted by atomic mass is 10.1. The highest BCUT2D eigenvalue weighted by molar-refractivity contribution is 6.15. The Morgan fingerprint density at radius 2 is 1.71 bits per heavy atom. The third-order valence-corrected chi connectivity index (χ3v) is 3.65. The summed E-state index contributed by atoms with van der Waals surface area (Å²) in [6.07, 6.45) is 0.657. The number of halogens is 5. The van der Waals surface area contributed by atoms with Crippen molar-refractivity contribution in [2.45, 2.75) is 13.8 Å². The second-order valence-corrected chi connectivity index (χ2v) is 5.49.